The summed E-state index contributed by atoms with van der Waals surface area (Å²) in [6.07, 6.45) is 1.46. The van der Waals surface area contributed by atoms with E-state index in [1.807, 2.05) is 6.07 Å². The molecule has 0 unspecified atom stereocenters. The zero-order valence-electron chi connectivity index (χ0n) is 13.8. The van der Waals surface area contributed by atoms with Crippen LogP contribution in [-0.4, -0.2) is 39.8 Å². The van der Waals surface area contributed by atoms with E-state index in [9.17, 15) is 5.26 Å². The average Bonchev–Trinajstić information content (AvgIpc) is 3.05. The molecule has 0 aliphatic heterocycles. The summed E-state index contributed by atoms with van der Waals surface area (Å²) in [6.45, 7) is 1.51. The summed E-state index contributed by atoms with van der Waals surface area (Å²) in [7, 11) is 1.62. The van der Waals surface area contributed by atoms with E-state index < -0.39 is 0 Å². The predicted octanol–water partition coefficient (Wildman–Crippen LogP) is 2.97. The molecule has 0 amide bonds. The van der Waals surface area contributed by atoms with Crippen molar-refractivity contribution in [1.82, 2.24) is 19.6 Å². The van der Waals surface area contributed by atoms with Crippen LogP contribution in [0.1, 0.15) is 11.1 Å². The Labute approximate surface area is 159 Å². The van der Waals surface area contributed by atoms with Crippen LogP contribution in [0.25, 0.3) is 5.78 Å². The molecule has 0 radical (unpaired) electrons. The first-order valence-electron chi connectivity index (χ1n) is 7.69. The Morgan fingerprint density at radius 3 is 2.85 bits per heavy atom. The first-order chi connectivity index (χ1) is 12.6. The molecular weight excluding hydrogens is 377 g/mol. The minimum absolute atomic E-state index is 0.353. The van der Waals surface area contributed by atoms with Gasteiger partial charge >= 0.3 is 0 Å². The van der Waals surface area contributed by atoms with Crippen LogP contribution in [0.2, 0.25) is 10.0 Å². The van der Waals surface area contributed by atoms with Gasteiger partial charge in [0.2, 0.25) is 5.95 Å². The third-order valence-electron chi connectivity index (χ3n) is 3.52. The Kier molecular flexibility index (Phi) is 5.73. The van der Waals surface area contributed by atoms with Gasteiger partial charge in [0.1, 0.15) is 11.6 Å². The highest BCUT2D eigenvalue weighted by Crippen LogP contribution is 2.23. The summed E-state index contributed by atoms with van der Waals surface area (Å²) in [5.74, 6) is 1.28. The fourth-order valence-corrected chi connectivity index (χ4v) is 2.58. The molecule has 8 nitrogen and oxygen atoms in total. The molecule has 1 aromatic carbocycles. The molecule has 134 valence electrons. The van der Waals surface area contributed by atoms with E-state index in [2.05, 4.69) is 31.8 Å². The van der Waals surface area contributed by atoms with E-state index in [1.165, 1.54) is 10.7 Å². The number of methoxy groups -OCH3 is 1. The molecule has 2 heterocycles. The van der Waals surface area contributed by atoms with Gasteiger partial charge in [0.05, 0.1) is 22.8 Å². The van der Waals surface area contributed by atoms with Crippen molar-refractivity contribution in [3.63, 3.8) is 0 Å². The first kappa shape index (κ1) is 18.2. The third kappa shape index (κ3) is 3.96. The highest BCUT2D eigenvalue weighted by molar-refractivity contribution is 6.42. The van der Waals surface area contributed by atoms with Crippen molar-refractivity contribution in [3.8, 4) is 6.07 Å². The average molecular weight is 392 g/mol. The zero-order chi connectivity index (χ0) is 18.5. The second kappa shape index (κ2) is 8.19. The standard InChI is InChI=1S/C16H15Cl2N7O/c1-26-5-4-20-15-23-16-22-9-11(7-19)14(25(16)24-15)21-8-10-2-3-12(17)13(18)6-10/h2-3,6,9,21H,4-5,8H2,1H3,(H,20,24). The molecular formula is C16H15Cl2N7O. The molecule has 0 aliphatic carbocycles. The van der Waals surface area contributed by atoms with Crippen LogP contribution in [0.4, 0.5) is 11.8 Å². The van der Waals surface area contributed by atoms with Gasteiger partial charge in [-0.1, -0.05) is 29.3 Å². The summed E-state index contributed by atoms with van der Waals surface area (Å²) in [4.78, 5) is 8.45. The van der Waals surface area contributed by atoms with Crippen LogP contribution in [0.3, 0.4) is 0 Å². The molecule has 3 rings (SSSR count). The second-order valence-corrected chi connectivity index (χ2v) is 6.12. The van der Waals surface area contributed by atoms with Gasteiger partial charge in [-0.25, -0.2) is 4.98 Å². The molecule has 2 N–H and O–H groups in total. The Bertz CT molecular complexity index is 967. The summed E-state index contributed by atoms with van der Waals surface area (Å²) >= 11 is 12.0. The van der Waals surface area contributed by atoms with E-state index >= 15 is 0 Å². The molecule has 3 aromatic rings. The quantitative estimate of drug-likeness (QED) is 0.597. The monoisotopic (exact) mass is 391 g/mol. The van der Waals surface area contributed by atoms with E-state index in [0.717, 1.165) is 5.56 Å². The van der Waals surface area contributed by atoms with Crippen molar-refractivity contribution in [2.75, 3.05) is 30.9 Å². The lowest BCUT2D eigenvalue weighted by atomic mass is 10.2. The molecule has 0 atom stereocenters. The fraction of sp³-hybridized carbons (Fsp3) is 0.250. The van der Waals surface area contributed by atoms with Crippen LogP contribution in [0, 0.1) is 11.3 Å². The molecule has 0 saturated carbocycles. The van der Waals surface area contributed by atoms with Gasteiger partial charge in [0.15, 0.2) is 5.82 Å². The van der Waals surface area contributed by atoms with Crippen molar-refractivity contribution in [2.45, 2.75) is 6.54 Å². The maximum atomic E-state index is 9.37. The van der Waals surface area contributed by atoms with Crippen molar-refractivity contribution in [2.24, 2.45) is 0 Å². The van der Waals surface area contributed by atoms with Crippen LogP contribution >= 0.6 is 23.2 Å². The SMILES string of the molecule is COCCNc1nc2ncc(C#N)c(NCc3ccc(Cl)c(Cl)c3)n2n1. The van der Waals surface area contributed by atoms with E-state index in [1.54, 1.807) is 19.2 Å². The van der Waals surface area contributed by atoms with Crippen molar-refractivity contribution >= 4 is 40.7 Å². The van der Waals surface area contributed by atoms with Gasteiger partial charge in [-0.15, -0.1) is 5.10 Å². The number of fused-ring (bicyclic) bond motifs is 1. The van der Waals surface area contributed by atoms with E-state index in [4.69, 9.17) is 27.9 Å². The summed E-state index contributed by atoms with van der Waals surface area (Å²) in [6, 6.07) is 7.44. The molecule has 0 saturated heterocycles. The van der Waals surface area contributed by atoms with Crippen LogP contribution in [0.15, 0.2) is 24.4 Å². The molecule has 26 heavy (non-hydrogen) atoms. The summed E-state index contributed by atoms with van der Waals surface area (Å²) in [5.41, 5.74) is 1.26. The highest BCUT2D eigenvalue weighted by atomic mass is 35.5. The second-order valence-electron chi connectivity index (χ2n) is 5.30. The van der Waals surface area contributed by atoms with E-state index in [0.29, 0.717) is 52.8 Å². The number of nitrogens with zero attached hydrogens (tertiary/aromatic N) is 5. The fourth-order valence-electron chi connectivity index (χ4n) is 2.26. The van der Waals surface area contributed by atoms with Crippen molar-refractivity contribution in [3.05, 3.63) is 45.6 Å². The normalized spacial score (nSPS) is 10.7. The van der Waals surface area contributed by atoms with Crippen LogP contribution in [0.5, 0.6) is 0 Å². The lowest BCUT2D eigenvalue weighted by Crippen LogP contribution is -2.10. The number of benzene rings is 1. The van der Waals surface area contributed by atoms with Crippen molar-refractivity contribution in [1.29, 1.82) is 5.26 Å². The minimum atomic E-state index is 0.353. The van der Waals surface area contributed by atoms with Gasteiger partial charge in [-0.2, -0.15) is 14.8 Å². The molecule has 0 spiro atoms. The van der Waals surface area contributed by atoms with Gasteiger partial charge < -0.3 is 15.4 Å². The zero-order valence-corrected chi connectivity index (χ0v) is 15.3. The third-order valence-corrected chi connectivity index (χ3v) is 4.26. The number of aromatic nitrogens is 4. The van der Waals surface area contributed by atoms with E-state index in [-0.39, 0.29) is 0 Å². The smallest absolute Gasteiger partial charge is 0.255 e. The topological polar surface area (TPSA) is 100 Å². The highest BCUT2D eigenvalue weighted by Gasteiger charge is 2.13. The maximum absolute atomic E-state index is 9.37. The molecule has 10 heteroatoms. The number of nitrogens with one attached hydrogen (secondary N) is 2. The maximum Gasteiger partial charge on any atom is 0.255 e. The van der Waals surface area contributed by atoms with Gasteiger partial charge in [0.25, 0.3) is 5.78 Å². The van der Waals surface area contributed by atoms with Gasteiger partial charge in [-0.05, 0) is 17.7 Å². The Hall–Kier alpha value is -2.60. The Morgan fingerprint density at radius 2 is 2.12 bits per heavy atom. The van der Waals surface area contributed by atoms with Gasteiger partial charge in [-0.3, -0.25) is 0 Å². The molecule has 0 aliphatic rings. The van der Waals surface area contributed by atoms with Crippen LogP contribution < -0.4 is 10.6 Å². The van der Waals surface area contributed by atoms with Crippen molar-refractivity contribution < 1.29 is 4.74 Å². The molecule has 0 fully saturated rings. The lowest BCUT2D eigenvalue weighted by Gasteiger charge is -2.10. The number of halogens is 2. The summed E-state index contributed by atoms with van der Waals surface area (Å²) < 4.78 is 6.48. The Morgan fingerprint density at radius 1 is 1.27 bits per heavy atom. The Balaban J connectivity index is 1.87. The summed E-state index contributed by atoms with van der Waals surface area (Å²) in [5, 5.41) is 20.9. The molecule has 2 aromatic heterocycles. The van der Waals surface area contributed by atoms with Gasteiger partial charge in [0, 0.05) is 20.2 Å². The molecule has 0 bridgehead atoms. The first-order valence-corrected chi connectivity index (χ1v) is 8.44. The number of rotatable bonds is 7. The number of hydrogen-bond acceptors (Lipinski definition) is 7. The van der Waals surface area contributed by atoms with Crippen LogP contribution in [-0.2, 0) is 11.3 Å². The number of ether oxygens (including phenoxy) is 1. The predicted molar refractivity (Wildman–Crippen MR) is 99.7 cm³/mol. The lowest BCUT2D eigenvalue weighted by molar-refractivity contribution is 0.210. The number of nitriles is 1. The number of anilines is 2. The number of hydrogen-bond donors (Lipinski definition) is 2. The minimum Gasteiger partial charge on any atom is -0.383 e. The largest absolute Gasteiger partial charge is 0.383 e.